The summed E-state index contributed by atoms with van der Waals surface area (Å²) in [7, 11) is 0.656. The highest BCUT2D eigenvalue weighted by Gasteiger charge is 2.30. The van der Waals surface area contributed by atoms with Crippen molar-refractivity contribution in [2.24, 2.45) is 0 Å². The Labute approximate surface area is 155 Å². The van der Waals surface area contributed by atoms with E-state index in [2.05, 4.69) is 17.4 Å². The summed E-state index contributed by atoms with van der Waals surface area (Å²) in [5, 5.41) is 2.96. The van der Waals surface area contributed by atoms with Gasteiger partial charge in [-0.2, -0.15) is 0 Å². The Morgan fingerprint density at radius 1 is 1.31 bits per heavy atom. The molecule has 144 valence electrons. The SMILES string of the molecule is COc1cc2c(cc1CNC(=O)CCN(C)C1CCS(=O)(=O)C1)CCC2. The van der Waals surface area contributed by atoms with E-state index in [0.717, 1.165) is 24.2 Å². The number of nitrogens with one attached hydrogen (secondary N) is 1. The molecule has 1 atom stereocenters. The van der Waals surface area contributed by atoms with Gasteiger partial charge < -0.3 is 15.0 Å². The zero-order valence-electron chi connectivity index (χ0n) is 15.6. The molecule has 1 fully saturated rings. The minimum atomic E-state index is -2.89. The summed E-state index contributed by atoms with van der Waals surface area (Å²) in [5.74, 6) is 1.27. The van der Waals surface area contributed by atoms with Gasteiger partial charge in [-0.15, -0.1) is 0 Å². The van der Waals surface area contributed by atoms with Crippen molar-refractivity contribution in [2.75, 3.05) is 32.2 Å². The Morgan fingerprint density at radius 3 is 2.69 bits per heavy atom. The molecule has 1 saturated heterocycles. The van der Waals surface area contributed by atoms with Gasteiger partial charge in [0.25, 0.3) is 0 Å². The molecule has 0 bridgehead atoms. The Balaban J connectivity index is 1.49. The van der Waals surface area contributed by atoms with Gasteiger partial charge in [-0.25, -0.2) is 8.42 Å². The quantitative estimate of drug-likeness (QED) is 0.772. The zero-order chi connectivity index (χ0) is 18.7. The molecule has 0 aromatic heterocycles. The van der Waals surface area contributed by atoms with Crippen LogP contribution in [0.5, 0.6) is 5.75 Å². The molecule has 7 heteroatoms. The number of ether oxygens (including phenoxy) is 1. The number of nitrogens with zero attached hydrogens (tertiary/aromatic N) is 1. The molecule has 2 aliphatic rings. The topological polar surface area (TPSA) is 75.7 Å². The Kier molecular flexibility index (Phi) is 5.87. The summed E-state index contributed by atoms with van der Waals surface area (Å²) >= 11 is 0. The van der Waals surface area contributed by atoms with Crippen molar-refractivity contribution in [3.63, 3.8) is 0 Å². The van der Waals surface area contributed by atoms with Crippen LogP contribution in [-0.2, 0) is 34.0 Å². The maximum atomic E-state index is 12.2. The Bertz CT molecular complexity index is 776. The van der Waals surface area contributed by atoms with Crippen molar-refractivity contribution in [1.82, 2.24) is 10.2 Å². The number of hydrogen-bond acceptors (Lipinski definition) is 5. The van der Waals surface area contributed by atoms with Crippen LogP contribution in [0.2, 0.25) is 0 Å². The summed E-state index contributed by atoms with van der Waals surface area (Å²) in [4.78, 5) is 14.2. The van der Waals surface area contributed by atoms with Crippen LogP contribution in [0.1, 0.15) is 36.0 Å². The molecule has 1 aromatic rings. The highest BCUT2D eigenvalue weighted by atomic mass is 32.2. The minimum Gasteiger partial charge on any atom is -0.496 e. The van der Waals surface area contributed by atoms with Crippen molar-refractivity contribution in [3.8, 4) is 5.75 Å². The first-order chi connectivity index (χ1) is 12.4. The van der Waals surface area contributed by atoms with Crippen LogP contribution in [0.25, 0.3) is 0 Å². The van der Waals surface area contributed by atoms with Crippen LogP contribution in [0.4, 0.5) is 0 Å². The second-order valence-corrected chi connectivity index (χ2v) is 9.58. The molecule has 6 nitrogen and oxygen atoms in total. The lowest BCUT2D eigenvalue weighted by Crippen LogP contribution is -2.36. The second kappa shape index (κ2) is 7.96. The number of carbonyl (C=O) groups is 1. The first-order valence-corrected chi connectivity index (χ1v) is 11.1. The molecule has 1 heterocycles. The number of sulfone groups is 1. The molecule has 0 saturated carbocycles. The summed E-state index contributed by atoms with van der Waals surface area (Å²) in [6, 6.07) is 4.28. The van der Waals surface area contributed by atoms with Crippen molar-refractivity contribution in [3.05, 3.63) is 28.8 Å². The van der Waals surface area contributed by atoms with E-state index < -0.39 is 9.84 Å². The normalized spacial score (nSPS) is 21.0. The summed E-state index contributed by atoms with van der Waals surface area (Å²) < 4.78 is 28.6. The predicted molar refractivity (Wildman–Crippen MR) is 101 cm³/mol. The highest BCUT2D eigenvalue weighted by Crippen LogP contribution is 2.29. The fourth-order valence-electron chi connectivity index (χ4n) is 3.85. The highest BCUT2D eigenvalue weighted by molar-refractivity contribution is 7.91. The molecule has 0 radical (unpaired) electrons. The average Bonchev–Trinajstić information content (AvgIpc) is 3.22. The minimum absolute atomic E-state index is 0.0275. The van der Waals surface area contributed by atoms with Gasteiger partial charge >= 0.3 is 0 Å². The molecule has 1 aromatic carbocycles. The number of methoxy groups -OCH3 is 1. The van der Waals surface area contributed by atoms with E-state index in [9.17, 15) is 13.2 Å². The number of aryl methyl sites for hydroxylation is 2. The van der Waals surface area contributed by atoms with Crippen LogP contribution in [0.3, 0.4) is 0 Å². The predicted octanol–water partition coefficient (Wildman–Crippen LogP) is 1.31. The van der Waals surface area contributed by atoms with E-state index in [1.54, 1.807) is 7.11 Å². The molecular weight excluding hydrogens is 352 g/mol. The monoisotopic (exact) mass is 380 g/mol. The molecule has 26 heavy (non-hydrogen) atoms. The number of hydrogen-bond donors (Lipinski definition) is 1. The third-order valence-electron chi connectivity index (χ3n) is 5.49. The molecule has 0 spiro atoms. The maximum absolute atomic E-state index is 12.2. The van der Waals surface area contributed by atoms with E-state index in [1.165, 1.54) is 17.5 Å². The lowest BCUT2D eigenvalue weighted by Gasteiger charge is -2.22. The summed E-state index contributed by atoms with van der Waals surface area (Å²) in [6.45, 7) is 1.02. The van der Waals surface area contributed by atoms with E-state index in [-0.39, 0.29) is 23.5 Å². The smallest absolute Gasteiger partial charge is 0.221 e. The lowest BCUT2D eigenvalue weighted by molar-refractivity contribution is -0.121. The van der Waals surface area contributed by atoms with Gasteiger partial charge in [-0.1, -0.05) is 6.07 Å². The van der Waals surface area contributed by atoms with Crippen molar-refractivity contribution < 1.29 is 17.9 Å². The van der Waals surface area contributed by atoms with Gasteiger partial charge in [-0.05, 0) is 49.9 Å². The third kappa shape index (κ3) is 4.57. The van der Waals surface area contributed by atoms with Gasteiger partial charge in [0.1, 0.15) is 5.75 Å². The van der Waals surface area contributed by atoms with Gasteiger partial charge in [0.05, 0.1) is 18.6 Å². The van der Waals surface area contributed by atoms with Gasteiger partial charge in [-0.3, -0.25) is 4.79 Å². The number of fused-ring (bicyclic) bond motifs is 1. The maximum Gasteiger partial charge on any atom is 0.221 e. The van der Waals surface area contributed by atoms with Gasteiger partial charge in [0.2, 0.25) is 5.91 Å². The van der Waals surface area contributed by atoms with E-state index in [0.29, 0.717) is 25.9 Å². The van der Waals surface area contributed by atoms with Crippen molar-refractivity contribution in [1.29, 1.82) is 0 Å². The Hall–Kier alpha value is -1.60. The van der Waals surface area contributed by atoms with Crippen molar-refractivity contribution in [2.45, 2.75) is 44.7 Å². The molecule has 1 N–H and O–H groups in total. The van der Waals surface area contributed by atoms with E-state index in [1.807, 2.05) is 11.9 Å². The van der Waals surface area contributed by atoms with Crippen LogP contribution in [0.15, 0.2) is 12.1 Å². The average molecular weight is 381 g/mol. The van der Waals surface area contributed by atoms with Crippen LogP contribution < -0.4 is 10.1 Å². The summed E-state index contributed by atoms with van der Waals surface area (Å²) in [6.07, 6.45) is 4.39. The molecule has 1 aliphatic carbocycles. The van der Waals surface area contributed by atoms with Crippen molar-refractivity contribution >= 4 is 15.7 Å². The second-order valence-electron chi connectivity index (χ2n) is 7.35. The lowest BCUT2D eigenvalue weighted by atomic mass is 10.0. The molecular formula is C19H28N2O4S. The number of amides is 1. The standard InChI is InChI=1S/C19H28N2O4S/c1-21(17-7-9-26(23,24)13-17)8-6-19(22)20-12-16-10-14-4-3-5-15(14)11-18(16)25-2/h10-11,17H,3-9,12-13H2,1-2H3,(H,20,22). The molecule has 3 rings (SSSR count). The zero-order valence-corrected chi connectivity index (χ0v) is 16.4. The largest absolute Gasteiger partial charge is 0.496 e. The number of rotatable bonds is 7. The van der Waals surface area contributed by atoms with Gasteiger partial charge in [0.15, 0.2) is 9.84 Å². The molecule has 1 aliphatic heterocycles. The first-order valence-electron chi connectivity index (χ1n) is 9.24. The van der Waals surface area contributed by atoms with Crippen LogP contribution in [0, 0.1) is 0 Å². The fraction of sp³-hybridized carbons (Fsp3) is 0.632. The first kappa shape index (κ1) is 19.2. The van der Waals surface area contributed by atoms with E-state index >= 15 is 0 Å². The Morgan fingerprint density at radius 2 is 2.04 bits per heavy atom. The third-order valence-corrected chi connectivity index (χ3v) is 7.24. The van der Waals surface area contributed by atoms with E-state index in [4.69, 9.17) is 4.74 Å². The summed E-state index contributed by atoms with van der Waals surface area (Å²) in [5.41, 5.74) is 3.72. The number of benzene rings is 1. The van der Waals surface area contributed by atoms with Gasteiger partial charge in [0, 0.05) is 31.1 Å². The van der Waals surface area contributed by atoms with Crippen LogP contribution >= 0.6 is 0 Å². The molecule has 1 unspecified atom stereocenters. The molecule has 1 amide bonds. The fourth-order valence-corrected chi connectivity index (χ4v) is 5.65. The van der Waals surface area contributed by atoms with Crippen LogP contribution in [-0.4, -0.2) is 57.5 Å². The number of carbonyl (C=O) groups excluding carboxylic acids is 1.